The van der Waals surface area contributed by atoms with Crippen molar-refractivity contribution < 1.29 is 9.53 Å². The Labute approximate surface area is 201 Å². The summed E-state index contributed by atoms with van der Waals surface area (Å²) in [5, 5.41) is 10.2. The highest BCUT2D eigenvalue weighted by Gasteiger charge is 2.24. The van der Waals surface area contributed by atoms with Crippen molar-refractivity contribution in [3.8, 4) is 11.4 Å². The molecule has 1 fully saturated rings. The fourth-order valence-electron chi connectivity index (χ4n) is 4.36. The number of ether oxygens (including phenoxy) is 1. The molecular weight excluding hydrogens is 430 g/mol. The molecule has 6 heteroatoms. The van der Waals surface area contributed by atoms with Gasteiger partial charge >= 0.3 is 5.97 Å². The normalized spacial score (nSPS) is 14.9. The lowest BCUT2D eigenvalue weighted by atomic mass is 9.86. The van der Waals surface area contributed by atoms with Crippen LogP contribution in [0.4, 0.5) is 0 Å². The van der Waals surface area contributed by atoms with E-state index in [9.17, 15) is 4.79 Å². The molecule has 33 heavy (non-hydrogen) atoms. The van der Waals surface area contributed by atoms with Crippen LogP contribution in [0.15, 0.2) is 53.7 Å². The molecule has 1 heterocycles. The number of benzene rings is 2. The Kier molecular flexibility index (Phi) is 7.23. The number of carbonyl (C=O) groups excluding carboxylic acids is 1. The number of aromatic nitrogens is 3. The first-order valence-electron chi connectivity index (χ1n) is 11.7. The fraction of sp³-hybridized carbons (Fsp3) is 0.444. The van der Waals surface area contributed by atoms with Crippen LogP contribution in [-0.2, 0) is 15.9 Å². The number of thioether (sulfide) groups is 1. The third-order valence-corrected chi connectivity index (χ3v) is 7.37. The zero-order valence-corrected chi connectivity index (χ0v) is 20.8. The first-order chi connectivity index (χ1) is 15.9. The van der Waals surface area contributed by atoms with Crippen LogP contribution in [-0.4, -0.2) is 27.8 Å². The quantitative estimate of drug-likeness (QED) is 0.296. The number of carbonyl (C=O) groups is 1. The van der Waals surface area contributed by atoms with E-state index in [1.54, 1.807) is 11.8 Å². The van der Waals surface area contributed by atoms with E-state index in [1.807, 2.05) is 24.3 Å². The summed E-state index contributed by atoms with van der Waals surface area (Å²) < 4.78 is 7.17. The molecule has 5 nitrogen and oxygen atoms in total. The maximum absolute atomic E-state index is 11.7. The Morgan fingerprint density at radius 1 is 1.00 bits per heavy atom. The van der Waals surface area contributed by atoms with Gasteiger partial charge in [-0.1, -0.05) is 88.2 Å². The zero-order chi connectivity index (χ0) is 23.4. The van der Waals surface area contributed by atoms with E-state index in [4.69, 9.17) is 4.74 Å². The third-order valence-electron chi connectivity index (χ3n) is 6.36. The number of hydrogen-bond donors (Lipinski definition) is 0. The molecule has 2 aromatic carbocycles. The van der Waals surface area contributed by atoms with Gasteiger partial charge in [0.2, 0.25) is 0 Å². The van der Waals surface area contributed by atoms with Gasteiger partial charge in [-0.15, -0.1) is 10.2 Å². The molecule has 0 atom stereocenters. The minimum absolute atomic E-state index is 0.125. The molecule has 174 valence electrons. The summed E-state index contributed by atoms with van der Waals surface area (Å²) in [6.45, 7) is 6.71. The maximum Gasteiger partial charge on any atom is 0.337 e. The van der Waals surface area contributed by atoms with Crippen LogP contribution in [0.25, 0.3) is 11.4 Å². The Hall–Kier alpha value is -2.60. The Morgan fingerprint density at radius 2 is 1.67 bits per heavy atom. The highest BCUT2D eigenvalue weighted by molar-refractivity contribution is 7.98. The van der Waals surface area contributed by atoms with Gasteiger partial charge in [0.1, 0.15) is 0 Å². The standard InChI is InChI=1S/C27H33N3O2S/c1-27(2,3)22-16-14-20(15-17-22)24-28-29-26(30(24)23-8-6-5-7-9-23)33-18-19-10-12-21(13-11-19)25(31)32-4/h10-17,23H,5-9,18H2,1-4H3. The summed E-state index contributed by atoms with van der Waals surface area (Å²) in [6.07, 6.45) is 6.16. The number of esters is 1. The molecule has 0 unspecified atom stereocenters. The lowest BCUT2D eigenvalue weighted by molar-refractivity contribution is 0.0600. The molecule has 4 rings (SSSR count). The summed E-state index contributed by atoms with van der Waals surface area (Å²) in [7, 11) is 1.40. The summed E-state index contributed by atoms with van der Waals surface area (Å²) in [5.41, 5.74) is 4.27. The van der Waals surface area contributed by atoms with Crippen molar-refractivity contribution >= 4 is 17.7 Å². The summed E-state index contributed by atoms with van der Waals surface area (Å²) in [6, 6.07) is 16.8. The van der Waals surface area contributed by atoms with Gasteiger partial charge in [0.25, 0.3) is 0 Å². The van der Waals surface area contributed by atoms with Gasteiger partial charge in [-0.25, -0.2) is 4.79 Å². The van der Waals surface area contributed by atoms with Crippen LogP contribution in [0.2, 0.25) is 0 Å². The SMILES string of the molecule is COC(=O)c1ccc(CSc2nnc(-c3ccc(C(C)(C)C)cc3)n2C2CCCCC2)cc1. The van der Waals surface area contributed by atoms with E-state index in [0.717, 1.165) is 27.9 Å². The monoisotopic (exact) mass is 463 g/mol. The summed E-state index contributed by atoms with van der Waals surface area (Å²) >= 11 is 1.71. The molecule has 1 aliphatic carbocycles. The first-order valence-corrected chi connectivity index (χ1v) is 12.7. The van der Waals surface area contributed by atoms with Gasteiger partial charge in [0.15, 0.2) is 11.0 Å². The summed E-state index contributed by atoms with van der Waals surface area (Å²) in [5.74, 6) is 1.43. The third kappa shape index (κ3) is 5.49. The molecule has 1 aromatic heterocycles. The fourth-order valence-corrected chi connectivity index (χ4v) is 5.32. The van der Waals surface area contributed by atoms with Gasteiger partial charge in [0, 0.05) is 17.4 Å². The van der Waals surface area contributed by atoms with Crippen molar-refractivity contribution in [1.82, 2.24) is 14.8 Å². The minimum atomic E-state index is -0.312. The van der Waals surface area contributed by atoms with Crippen LogP contribution in [0.1, 0.15) is 80.4 Å². The molecule has 0 N–H and O–H groups in total. The summed E-state index contributed by atoms with van der Waals surface area (Å²) in [4.78, 5) is 11.7. The Bertz CT molecular complexity index is 1080. The van der Waals surface area contributed by atoms with Crippen LogP contribution >= 0.6 is 11.8 Å². The van der Waals surface area contributed by atoms with E-state index in [2.05, 4.69) is 59.8 Å². The topological polar surface area (TPSA) is 57.0 Å². The lowest BCUT2D eigenvalue weighted by Crippen LogP contribution is -2.15. The second-order valence-corrected chi connectivity index (χ2v) is 10.7. The second-order valence-electron chi connectivity index (χ2n) is 9.77. The number of nitrogens with zero attached hydrogens (tertiary/aromatic N) is 3. The van der Waals surface area contributed by atoms with Crippen molar-refractivity contribution in [2.75, 3.05) is 7.11 Å². The molecule has 0 amide bonds. The molecule has 3 aromatic rings. The van der Waals surface area contributed by atoms with Crippen molar-refractivity contribution in [2.24, 2.45) is 0 Å². The first kappa shape index (κ1) is 23.6. The predicted molar refractivity (Wildman–Crippen MR) is 134 cm³/mol. The van der Waals surface area contributed by atoms with Crippen LogP contribution in [0.5, 0.6) is 0 Å². The molecule has 0 bridgehead atoms. The molecule has 1 saturated carbocycles. The zero-order valence-electron chi connectivity index (χ0n) is 20.0. The molecule has 0 radical (unpaired) electrons. The Balaban J connectivity index is 1.59. The van der Waals surface area contributed by atoms with Crippen molar-refractivity contribution in [3.63, 3.8) is 0 Å². The van der Waals surface area contributed by atoms with Gasteiger partial charge in [-0.2, -0.15) is 0 Å². The van der Waals surface area contributed by atoms with E-state index in [1.165, 1.54) is 44.8 Å². The van der Waals surface area contributed by atoms with E-state index in [-0.39, 0.29) is 11.4 Å². The largest absolute Gasteiger partial charge is 0.465 e. The van der Waals surface area contributed by atoms with Gasteiger partial charge in [-0.3, -0.25) is 4.57 Å². The van der Waals surface area contributed by atoms with Gasteiger partial charge in [-0.05, 0) is 41.5 Å². The Morgan fingerprint density at radius 3 is 2.27 bits per heavy atom. The van der Waals surface area contributed by atoms with Crippen molar-refractivity contribution in [1.29, 1.82) is 0 Å². The van der Waals surface area contributed by atoms with Gasteiger partial charge < -0.3 is 4.74 Å². The van der Waals surface area contributed by atoms with E-state index < -0.39 is 0 Å². The number of methoxy groups -OCH3 is 1. The smallest absolute Gasteiger partial charge is 0.337 e. The van der Waals surface area contributed by atoms with Crippen LogP contribution in [0.3, 0.4) is 0 Å². The minimum Gasteiger partial charge on any atom is -0.465 e. The molecular formula is C27H33N3O2S. The molecule has 1 aliphatic rings. The van der Waals surface area contributed by atoms with E-state index in [0.29, 0.717) is 11.6 Å². The van der Waals surface area contributed by atoms with Crippen molar-refractivity contribution in [2.45, 2.75) is 75.2 Å². The second kappa shape index (κ2) is 10.1. The van der Waals surface area contributed by atoms with Crippen LogP contribution in [0, 0.1) is 0 Å². The molecule has 0 saturated heterocycles. The highest BCUT2D eigenvalue weighted by Crippen LogP contribution is 2.37. The average molecular weight is 464 g/mol. The van der Waals surface area contributed by atoms with Crippen molar-refractivity contribution in [3.05, 3.63) is 65.2 Å². The highest BCUT2D eigenvalue weighted by atomic mass is 32.2. The average Bonchev–Trinajstić information content (AvgIpc) is 3.26. The van der Waals surface area contributed by atoms with Crippen LogP contribution < -0.4 is 0 Å². The molecule has 0 spiro atoms. The molecule has 0 aliphatic heterocycles. The maximum atomic E-state index is 11.7. The predicted octanol–water partition coefficient (Wildman–Crippen LogP) is 6.83. The van der Waals surface area contributed by atoms with Gasteiger partial charge in [0.05, 0.1) is 12.7 Å². The lowest BCUT2D eigenvalue weighted by Gasteiger charge is -2.26. The number of hydrogen-bond acceptors (Lipinski definition) is 5. The number of rotatable bonds is 6. The van der Waals surface area contributed by atoms with E-state index >= 15 is 0 Å².